The number of hydrogen-bond acceptors (Lipinski definition) is 3. The van der Waals surface area contributed by atoms with Crippen molar-refractivity contribution in [1.82, 2.24) is 20.0 Å². The minimum Gasteiger partial charge on any atom is -0.319 e. The number of urea groups is 1. The first-order chi connectivity index (χ1) is 9.40. The van der Waals surface area contributed by atoms with E-state index in [1.165, 1.54) is 4.90 Å². The van der Waals surface area contributed by atoms with Gasteiger partial charge in [-0.05, 0) is 20.3 Å². The first-order valence-corrected chi connectivity index (χ1v) is 6.67. The molecule has 0 aliphatic carbocycles. The molecule has 1 unspecified atom stereocenters. The number of nitrogens with zero attached hydrogens (tertiary/aromatic N) is 3. The molecule has 0 radical (unpaired) electrons. The second kappa shape index (κ2) is 5.11. The first-order valence-electron chi connectivity index (χ1n) is 6.67. The fourth-order valence-corrected chi connectivity index (χ4v) is 2.35. The molecule has 2 heterocycles. The van der Waals surface area contributed by atoms with E-state index < -0.39 is 5.54 Å². The van der Waals surface area contributed by atoms with Crippen LogP contribution in [0.5, 0.6) is 0 Å². The van der Waals surface area contributed by atoms with Crippen LogP contribution >= 0.6 is 0 Å². The van der Waals surface area contributed by atoms with Crippen molar-refractivity contribution in [3.8, 4) is 0 Å². The molecule has 1 fully saturated rings. The predicted molar refractivity (Wildman–Crippen MR) is 74.9 cm³/mol. The monoisotopic (exact) mass is 276 g/mol. The lowest BCUT2D eigenvalue weighted by Crippen LogP contribution is -2.43. The summed E-state index contributed by atoms with van der Waals surface area (Å²) in [4.78, 5) is 26.0. The van der Waals surface area contributed by atoms with E-state index in [2.05, 4.69) is 10.4 Å². The molecular formula is C14H20N4O2. The lowest BCUT2D eigenvalue weighted by atomic mass is 9.89. The number of allylic oxidation sites excluding steroid dienone is 1. The number of aromatic nitrogens is 2. The number of nitrogens with one attached hydrogen (secondary N) is 1. The maximum Gasteiger partial charge on any atom is 0.325 e. The van der Waals surface area contributed by atoms with Crippen molar-refractivity contribution in [3.05, 3.63) is 29.6 Å². The van der Waals surface area contributed by atoms with Gasteiger partial charge in [0.05, 0.1) is 6.20 Å². The van der Waals surface area contributed by atoms with E-state index in [1.54, 1.807) is 24.1 Å². The van der Waals surface area contributed by atoms with Crippen LogP contribution in [0.15, 0.2) is 24.0 Å². The van der Waals surface area contributed by atoms with Gasteiger partial charge >= 0.3 is 6.03 Å². The Labute approximate surface area is 118 Å². The lowest BCUT2D eigenvalue weighted by Gasteiger charge is -2.23. The third-order valence-electron chi connectivity index (χ3n) is 3.59. The summed E-state index contributed by atoms with van der Waals surface area (Å²) in [6, 6.07) is -0.349. The van der Waals surface area contributed by atoms with Crippen LogP contribution in [0.1, 0.15) is 32.8 Å². The molecule has 20 heavy (non-hydrogen) atoms. The lowest BCUT2D eigenvalue weighted by molar-refractivity contribution is -0.131. The maximum absolute atomic E-state index is 12.7. The average molecular weight is 276 g/mol. The largest absolute Gasteiger partial charge is 0.325 e. The van der Waals surface area contributed by atoms with Gasteiger partial charge in [-0.1, -0.05) is 18.6 Å². The van der Waals surface area contributed by atoms with Gasteiger partial charge < -0.3 is 5.32 Å². The standard InChI is InChI=1S/C14H20N4O2/c1-5-14(11-8-15-17(4)9-11)12(19)18(13(20)16-14)7-6-10(2)3/h6,8-9H,5,7H2,1-4H3,(H,16,20). The number of aryl methyl sites for hydroxylation is 1. The van der Waals surface area contributed by atoms with Crippen LogP contribution in [0, 0.1) is 0 Å². The molecule has 1 N–H and O–H groups in total. The van der Waals surface area contributed by atoms with Crippen molar-refractivity contribution < 1.29 is 9.59 Å². The van der Waals surface area contributed by atoms with Gasteiger partial charge in [0.1, 0.15) is 5.54 Å². The molecule has 1 aromatic rings. The van der Waals surface area contributed by atoms with Crippen LogP contribution < -0.4 is 5.32 Å². The van der Waals surface area contributed by atoms with Crippen molar-refractivity contribution in [2.75, 3.05) is 6.54 Å². The number of rotatable bonds is 4. The van der Waals surface area contributed by atoms with Crippen molar-refractivity contribution >= 4 is 11.9 Å². The van der Waals surface area contributed by atoms with E-state index in [0.717, 1.165) is 11.1 Å². The van der Waals surface area contributed by atoms with Crippen LogP contribution in [0.25, 0.3) is 0 Å². The highest BCUT2D eigenvalue weighted by molar-refractivity contribution is 6.07. The molecule has 2 rings (SSSR count). The number of imide groups is 1. The normalized spacial score (nSPS) is 22.1. The Balaban J connectivity index is 2.35. The van der Waals surface area contributed by atoms with E-state index in [-0.39, 0.29) is 11.9 Å². The Morgan fingerprint density at radius 1 is 1.45 bits per heavy atom. The highest BCUT2D eigenvalue weighted by atomic mass is 16.2. The number of carbonyl (C=O) groups excluding carboxylic acids is 2. The van der Waals surface area contributed by atoms with Crippen molar-refractivity contribution in [2.45, 2.75) is 32.7 Å². The van der Waals surface area contributed by atoms with Crippen molar-refractivity contribution in [2.24, 2.45) is 7.05 Å². The number of hydrogen-bond donors (Lipinski definition) is 1. The predicted octanol–water partition coefficient (Wildman–Crippen LogP) is 1.54. The highest BCUT2D eigenvalue weighted by Crippen LogP contribution is 2.32. The highest BCUT2D eigenvalue weighted by Gasteiger charge is 2.51. The van der Waals surface area contributed by atoms with Crippen LogP contribution in [0.4, 0.5) is 4.79 Å². The van der Waals surface area contributed by atoms with Gasteiger partial charge in [0.15, 0.2) is 0 Å². The minimum absolute atomic E-state index is 0.212. The van der Waals surface area contributed by atoms with E-state index >= 15 is 0 Å². The van der Waals surface area contributed by atoms with Gasteiger partial charge in [-0.2, -0.15) is 5.10 Å². The smallest absolute Gasteiger partial charge is 0.319 e. The summed E-state index contributed by atoms with van der Waals surface area (Å²) in [5.41, 5.74) is 0.808. The molecule has 0 spiro atoms. The number of amides is 3. The molecule has 1 saturated heterocycles. The molecule has 1 atom stereocenters. The van der Waals surface area contributed by atoms with Gasteiger partial charge in [0.2, 0.25) is 0 Å². The molecule has 1 aliphatic rings. The molecule has 108 valence electrons. The summed E-state index contributed by atoms with van der Waals surface area (Å²) in [5, 5.41) is 6.92. The van der Waals surface area contributed by atoms with Gasteiger partial charge in [-0.25, -0.2) is 4.79 Å². The summed E-state index contributed by atoms with van der Waals surface area (Å²) in [7, 11) is 1.79. The molecule has 0 aromatic carbocycles. The fraction of sp³-hybridized carbons (Fsp3) is 0.500. The number of carbonyl (C=O) groups is 2. The summed E-state index contributed by atoms with van der Waals surface area (Å²) in [5.74, 6) is -0.212. The van der Waals surface area contributed by atoms with E-state index in [1.807, 2.05) is 26.8 Å². The summed E-state index contributed by atoms with van der Waals surface area (Å²) >= 11 is 0. The van der Waals surface area contributed by atoms with Crippen molar-refractivity contribution in [3.63, 3.8) is 0 Å². The van der Waals surface area contributed by atoms with E-state index in [9.17, 15) is 9.59 Å². The Morgan fingerprint density at radius 3 is 2.65 bits per heavy atom. The minimum atomic E-state index is -0.985. The average Bonchev–Trinajstić information content (AvgIpc) is 2.91. The first kappa shape index (κ1) is 14.3. The van der Waals surface area contributed by atoms with Crippen LogP contribution in [0.2, 0.25) is 0 Å². The summed E-state index contributed by atoms with van der Waals surface area (Å²) in [6.45, 7) is 6.06. The van der Waals surface area contributed by atoms with Gasteiger partial charge in [-0.15, -0.1) is 0 Å². The van der Waals surface area contributed by atoms with Crippen LogP contribution in [0.3, 0.4) is 0 Å². The fourth-order valence-electron chi connectivity index (χ4n) is 2.35. The van der Waals surface area contributed by atoms with Gasteiger partial charge in [0.25, 0.3) is 5.91 Å². The Morgan fingerprint density at radius 2 is 2.15 bits per heavy atom. The molecular weight excluding hydrogens is 256 g/mol. The molecule has 6 heteroatoms. The Kier molecular flexibility index (Phi) is 3.65. The Hall–Kier alpha value is -2.11. The second-order valence-electron chi connectivity index (χ2n) is 5.29. The Bertz CT molecular complexity index is 571. The summed E-state index contributed by atoms with van der Waals surface area (Å²) < 4.78 is 1.63. The van der Waals surface area contributed by atoms with Crippen LogP contribution in [-0.2, 0) is 17.4 Å². The maximum atomic E-state index is 12.7. The molecule has 3 amide bonds. The van der Waals surface area contributed by atoms with E-state index in [0.29, 0.717) is 13.0 Å². The zero-order valence-electron chi connectivity index (χ0n) is 12.3. The molecule has 1 aromatic heterocycles. The van der Waals surface area contributed by atoms with Crippen LogP contribution in [-0.4, -0.2) is 33.2 Å². The van der Waals surface area contributed by atoms with Gasteiger partial charge in [0, 0.05) is 25.4 Å². The zero-order valence-corrected chi connectivity index (χ0v) is 12.3. The summed E-state index contributed by atoms with van der Waals surface area (Å²) in [6.07, 6.45) is 5.76. The zero-order chi connectivity index (χ0) is 14.9. The molecule has 0 saturated carbocycles. The third kappa shape index (κ3) is 2.21. The SMILES string of the molecule is CCC1(c2cnn(C)c2)NC(=O)N(CC=C(C)C)C1=O. The third-order valence-corrected chi connectivity index (χ3v) is 3.59. The topological polar surface area (TPSA) is 67.2 Å². The second-order valence-corrected chi connectivity index (χ2v) is 5.29. The van der Waals surface area contributed by atoms with E-state index in [4.69, 9.17) is 0 Å². The molecule has 6 nitrogen and oxygen atoms in total. The molecule has 1 aliphatic heterocycles. The van der Waals surface area contributed by atoms with Gasteiger partial charge in [-0.3, -0.25) is 14.4 Å². The quantitative estimate of drug-likeness (QED) is 0.670. The molecule has 0 bridgehead atoms. The van der Waals surface area contributed by atoms with Crippen molar-refractivity contribution in [1.29, 1.82) is 0 Å².